The minimum absolute atomic E-state index is 0.342. The van der Waals surface area contributed by atoms with Crippen molar-refractivity contribution in [3.63, 3.8) is 0 Å². The van der Waals surface area contributed by atoms with Gasteiger partial charge >= 0.3 is 0 Å². The van der Waals surface area contributed by atoms with Crippen LogP contribution in [0.1, 0.15) is 26.3 Å². The van der Waals surface area contributed by atoms with Crippen LogP contribution in [0.2, 0.25) is 0 Å². The number of hydrogen-bond acceptors (Lipinski definition) is 3. The molecule has 1 atom stereocenters. The molecule has 0 bridgehead atoms. The number of aromatic nitrogens is 3. The smallest absolute Gasteiger partial charge is 0.202 e. The lowest BCUT2D eigenvalue weighted by atomic mass is 10.2. The van der Waals surface area contributed by atoms with Crippen LogP contribution in [0.4, 0.5) is 5.95 Å². The maximum atomic E-state index is 5.84. The van der Waals surface area contributed by atoms with Gasteiger partial charge in [-0.25, -0.2) is 9.97 Å². The first-order valence-electron chi connectivity index (χ1n) is 4.82. The molecule has 74 valence electrons. The summed E-state index contributed by atoms with van der Waals surface area (Å²) in [6.45, 7) is 4.24. The molecule has 0 saturated carbocycles. The number of nitrogens with zero attached hydrogens (tertiary/aromatic N) is 3. The fourth-order valence-corrected chi connectivity index (χ4v) is 1.56. The summed E-state index contributed by atoms with van der Waals surface area (Å²) in [6, 6.07) is 4.14. The van der Waals surface area contributed by atoms with Crippen molar-refractivity contribution in [3.05, 3.63) is 18.3 Å². The molecule has 0 aliphatic carbocycles. The molecule has 0 radical (unpaired) electrons. The zero-order chi connectivity index (χ0) is 10.1. The second-order valence-electron chi connectivity index (χ2n) is 3.44. The molecule has 1 unspecified atom stereocenters. The molecule has 0 spiro atoms. The van der Waals surface area contributed by atoms with Gasteiger partial charge in [-0.15, -0.1) is 0 Å². The summed E-state index contributed by atoms with van der Waals surface area (Å²) in [5, 5.41) is 0. The predicted octanol–water partition coefficient (Wildman–Crippen LogP) is 1.98. The molecule has 0 aromatic carbocycles. The Kier molecular flexibility index (Phi) is 2.11. The van der Waals surface area contributed by atoms with Gasteiger partial charge in [-0.2, -0.15) is 0 Å². The average Bonchev–Trinajstić information content (AvgIpc) is 2.53. The topological polar surface area (TPSA) is 56.7 Å². The van der Waals surface area contributed by atoms with Crippen molar-refractivity contribution in [1.82, 2.24) is 14.5 Å². The zero-order valence-electron chi connectivity index (χ0n) is 8.44. The van der Waals surface area contributed by atoms with Crippen LogP contribution in [0.5, 0.6) is 0 Å². The van der Waals surface area contributed by atoms with E-state index in [9.17, 15) is 0 Å². The lowest BCUT2D eigenvalue weighted by Gasteiger charge is -2.12. The fraction of sp³-hybridized carbons (Fsp3) is 0.400. The van der Waals surface area contributed by atoms with Gasteiger partial charge in [0.15, 0.2) is 5.65 Å². The van der Waals surface area contributed by atoms with Crippen LogP contribution < -0.4 is 5.73 Å². The Morgan fingerprint density at radius 3 is 3.07 bits per heavy atom. The van der Waals surface area contributed by atoms with Crippen LogP contribution in [0.25, 0.3) is 11.2 Å². The molecule has 2 rings (SSSR count). The highest BCUT2D eigenvalue weighted by Gasteiger charge is 2.12. The molecule has 0 aliphatic heterocycles. The van der Waals surface area contributed by atoms with Crippen LogP contribution in [0, 0.1) is 0 Å². The predicted molar refractivity (Wildman–Crippen MR) is 56.9 cm³/mol. The molecule has 2 N–H and O–H groups in total. The van der Waals surface area contributed by atoms with E-state index in [1.54, 1.807) is 6.20 Å². The van der Waals surface area contributed by atoms with Gasteiger partial charge in [0.25, 0.3) is 0 Å². The number of nitrogens with two attached hydrogens (primary N) is 1. The Bertz CT molecular complexity index is 446. The quantitative estimate of drug-likeness (QED) is 0.787. The van der Waals surface area contributed by atoms with Crippen molar-refractivity contribution < 1.29 is 0 Å². The summed E-state index contributed by atoms with van der Waals surface area (Å²) >= 11 is 0. The number of imidazole rings is 1. The largest absolute Gasteiger partial charge is 0.369 e. The van der Waals surface area contributed by atoms with Crippen molar-refractivity contribution in [1.29, 1.82) is 0 Å². The summed E-state index contributed by atoms with van der Waals surface area (Å²) in [6.07, 6.45) is 2.79. The molecule has 0 aliphatic rings. The molecule has 2 aromatic rings. The van der Waals surface area contributed by atoms with Crippen molar-refractivity contribution in [2.75, 3.05) is 5.73 Å². The van der Waals surface area contributed by atoms with E-state index in [1.807, 2.05) is 16.7 Å². The van der Waals surface area contributed by atoms with Gasteiger partial charge in [-0.3, -0.25) is 4.57 Å². The summed E-state index contributed by atoms with van der Waals surface area (Å²) < 4.78 is 1.98. The number of nitrogen functional groups attached to an aromatic ring is 1. The number of fused-ring (bicyclic) bond motifs is 1. The molecule has 2 heterocycles. The van der Waals surface area contributed by atoms with Crippen molar-refractivity contribution in [2.24, 2.45) is 0 Å². The average molecular weight is 190 g/mol. The second-order valence-corrected chi connectivity index (χ2v) is 3.44. The Morgan fingerprint density at radius 2 is 2.36 bits per heavy atom. The van der Waals surface area contributed by atoms with Gasteiger partial charge < -0.3 is 5.73 Å². The third-order valence-corrected chi connectivity index (χ3v) is 2.51. The third kappa shape index (κ3) is 1.23. The molecule has 0 fully saturated rings. The SMILES string of the molecule is CCC(C)n1c(N)nc2cccnc21. The Hall–Kier alpha value is -1.58. The molecule has 0 amide bonds. The highest BCUT2D eigenvalue weighted by molar-refractivity contribution is 5.73. The fourth-order valence-electron chi connectivity index (χ4n) is 1.56. The van der Waals surface area contributed by atoms with Gasteiger partial charge in [0.1, 0.15) is 5.52 Å². The normalized spacial score (nSPS) is 13.3. The van der Waals surface area contributed by atoms with E-state index in [0.717, 1.165) is 17.6 Å². The molecular weight excluding hydrogens is 176 g/mol. The van der Waals surface area contributed by atoms with E-state index < -0.39 is 0 Å². The number of hydrogen-bond donors (Lipinski definition) is 1. The van der Waals surface area contributed by atoms with E-state index in [2.05, 4.69) is 23.8 Å². The summed E-state index contributed by atoms with van der Waals surface area (Å²) in [4.78, 5) is 8.55. The number of anilines is 1. The molecule has 4 nitrogen and oxygen atoms in total. The van der Waals surface area contributed by atoms with Crippen LogP contribution in [0.15, 0.2) is 18.3 Å². The first kappa shape index (κ1) is 8.99. The molecule has 4 heteroatoms. The lowest BCUT2D eigenvalue weighted by Crippen LogP contribution is -2.08. The van der Waals surface area contributed by atoms with E-state index >= 15 is 0 Å². The minimum atomic E-state index is 0.342. The summed E-state index contributed by atoms with van der Waals surface area (Å²) in [7, 11) is 0. The highest BCUT2D eigenvalue weighted by Crippen LogP contribution is 2.22. The van der Waals surface area contributed by atoms with E-state index in [4.69, 9.17) is 5.73 Å². The Labute approximate surface area is 82.8 Å². The van der Waals surface area contributed by atoms with Crippen molar-refractivity contribution in [3.8, 4) is 0 Å². The molecule has 14 heavy (non-hydrogen) atoms. The lowest BCUT2D eigenvalue weighted by molar-refractivity contribution is 0.548. The van der Waals surface area contributed by atoms with Crippen LogP contribution >= 0.6 is 0 Å². The van der Waals surface area contributed by atoms with Crippen LogP contribution in [0.3, 0.4) is 0 Å². The van der Waals surface area contributed by atoms with Crippen LogP contribution in [-0.2, 0) is 0 Å². The van der Waals surface area contributed by atoms with Crippen molar-refractivity contribution in [2.45, 2.75) is 26.3 Å². The standard InChI is InChI=1S/C10H14N4/c1-3-7(2)14-9-8(13-10(14)11)5-4-6-12-9/h4-7H,3H2,1-2H3,(H2,11,13). The maximum Gasteiger partial charge on any atom is 0.202 e. The summed E-state index contributed by atoms with van der Waals surface area (Å²) in [5.74, 6) is 0.549. The first-order chi connectivity index (χ1) is 6.74. The maximum absolute atomic E-state index is 5.84. The van der Waals surface area contributed by atoms with Gasteiger partial charge in [0.2, 0.25) is 5.95 Å². The molecule has 2 aromatic heterocycles. The molecular formula is C10H14N4. The first-order valence-corrected chi connectivity index (χ1v) is 4.82. The Balaban J connectivity index is 2.67. The minimum Gasteiger partial charge on any atom is -0.369 e. The van der Waals surface area contributed by atoms with E-state index in [0.29, 0.717) is 12.0 Å². The Morgan fingerprint density at radius 1 is 1.57 bits per heavy atom. The van der Waals surface area contributed by atoms with Gasteiger partial charge in [0.05, 0.1) is 0 Å². The zero-order valence-corrected chi connectivity index (χ0v) is 8.44. The van der Waals surface area contributed by atoms with Crippen LogP contribution in [-0.4, -0.2) is 14.5 Å². The van der Waals surface area contributed by atoms with E-state index in [-0.39, 0.29) is 0 Å². The van der Waals surface area contributed by atoms with Gasteiger partial charge in [-0.05, 0) is 25.5 Å². The summed E-state index contributed by atoms with van der Waals surface area (Å²) in [5.41, 5.74) is 7.58. The van der Waals surface area contributed by atoms with Gasteiger partial charge in [-0.1, -0.05) is 6.92 Å². The third-order valence-electron chi connectivity index (χ3n) is 2.51. The van der Waals surface area contributed by atoms with E-state index in [1.165, 1.54) is 0 Å². The second kappa shape index (κ2) is 3.29. The molecule has 0 saturated heterocycles. The highest BCUT2D eigenvalue weighted by atomic mass is 15.2. The van der Waals surface area contributed by atoms with Gasteiger partial charge in [0, 0.05) is 12.2 Å². The number of rotatable bonds is 2. The monoisotopic (exact) mass is 190 g/mol. The van der Waals surface area contributed by atoms with Crippen molar-refractivity contribution >= 4 is 17.1 Å². The number of pyridine rings is 1.